The molecule has 0 rings (SSSR count). The van der Waals surface area contributed by atoms with Crippen LogP contribution >= 0.6 is 7.82 Å². The molecule has 528 valence electrons. The van der Waals surface area contributed by atoms with Crippen molar-refractivity contribution in [2.24, 2.45) is 0 Å². The minimum absolute atomic E-state index is 0.0415. The van der Waals surface area contributed by atoms with Crippen molar-refractivity contribution in [3.63, 3.8) is 0 Å². The maximum atomic E-state index is 12.9. The number of ether oxygens (including phenoxy) is 2. The van der Waals surface area contributed by atoms with Gasteiger partial charge in [-0.15, -0.1) is 0 Å². The summed E-state index contributed by atoms with van der Waals surface area (Å²) in [5, 5.41) is 0. The van der Waals surface area contributed by atoms with Crippen LogP contribution in [0.1, 0.15) is 322 Å². The topological polar surface area (TPSA) is 111 Å². The summed E-state index contributed by atoms with van der Waals surface area (Å²) in [4.78, 5) is 38.1. The predicted molar refractivity (Wildman–Crippen MR) is 397 cm³/mol. The second-order valence-electron chi connectivity index (χ2n) is 26.3. The van der Waals surface area contributed by atoms with E-state index in [-0.39, 0.29) is 32.0 Å². The zero-order chi connectivity index (χ0) is 66.9. The number of carbonyl (C=O) groups is 2. The highest BCUT2D eigenvalue weighted by Crippen LogP contribution is 2.38. The van der Waals surface area contributed by atoms with E-state index in [4.69, 9.17) is 18.5 Å². The van der Waals surface area contributed by atoms with Crippen LogP contribution in [0.25, 0.3) is 0 Å². The Hall–Kier alpha value is -3.85. The van der Waals surface area contributed by atoms with Gasteiger partial charge in [-0.3, -0.25) is 14.2 Å². The van der Waals surface area contributed by atoms with Crippen LogP contribution in [0.5, 0.6) is 0 Å². The van der Waals surface area contributed by atoms with Gasteiger partial charge in [-0.2, -0.15) is 0 Å². The van der Waals surface area contributed by atoms with E-state index in [0.717, 1.165) is 109 Å². The molecule has 0 aliphatic rings. The number of hydrogen-bond acceptors (Lipinski definition) is 8. The van der Waals surface area contributed by atoms with Crippen molar-refractivity contribution in [3.8, 4) is 0 Å². The Balaban J connectivity index is 4.03. The fourth-order valence-electron chi connectivity index (χ4n) is 10.4. The molecule has 0 aromatic heterocycles. The van der Waals surface area contributed by atoms with Crippen molar-refractivity contribution < 1.29 is 42.1 Å². The zero-order valence-electron chi connectivity index (χ0n) is 60.2. The Kier molecular flexibility index (Phi) is 68.5. The quantitative estimate of drug-likeness (QED) is 0.0195. The molecule has 0 fully saturated rings. The van der Waals surface area contributed by atoms with E-state index in [1.165, 1.54) is 180 Å². The van der Waals surface area contributed by atoms with Gasteiger partial charge in [0.2, 0.25) is 0 Å². The highest BCUT2D eigenvalue weighted by atomic mass is 31.2. The maximum absolute atomic E-state index is 12.9. The molecule has 0 aromatic rings. The third kappa shape index (κ3) is 75.2. The standard InChI is InChI=1S/C82H142NO8P/c1-6-8-10-12-14-16-18-20-22-24-26-28-30-32-34-36-37-38-39-40-41-42-43-44-45-47-48-50-52-54-56-58-60-62-64-66-68-70-72-74-81(84)88-78-80(79-90-92(86,87)89-77-76-83(3,4)5)91-82(85)75-73-71-69-67-65-63-61-59-57-55-53-51-49-46-35-33-31-29-27-25-23-21-19-17-15-13-11-9-7-2/h9,11,15,17-18,20-21,23-24,26-27,29-30,32-33,35,49,51,55,57,61,63,80H,6-8,10,12-14,16,19,22,25,28,31,34,36-48,50,52-54,56,58-60,62,64-79H2,1-5H3/b11-9-,17-15-,20-18-,23-21-,26-24-,29-27-,32-30-,35-33-,51-49-,57-55-,63-61-. The number of esters is 2. The first-order chi connectivity index (χ1) is 45.0. The Bertz CT molecular complexity index is 2020. The lowest BCUT2D eigenvalue weighted by Crippen LogP contribution is -2.37. The van der Waals surface area contributed by atoms with E-state index in [1.807, 2.05) is 21.1 Å². The Morgan fingerprint density at radius 1 is 0.348 bits per heavy atom. The van der Waals surface area contributed by atoms with E-state index in [2.05, 4.69) is 148 Å². The van der Waals surface area contributed by atoms with Crippen LogP contribution in [-0.2, 0) is 32.7 Å². The van der Waals surface area contributed by atoms with E-state index in [0.29, 0.717) is 17.4 Å². The normalized spacial score (nSPS) is 13.8. The average molecular weight is 1300 g/mol. The van der Waals surface area contributed by atoms with Gasteiger partial charge in [0, 0.05) is 12.8 Å². The van der Waals surface area contributed by atoms with Gasteiger partial charge in [0.25, 0.3) is 7.82 Å². The molecule has 0 amide bonds. The van der Waals surface area contributed by atoms with Crippen molar-refractivity contribution in [2.45, 2.75) is 328 Å². The number of hydrogen-bond donors (Lipinski definition) is 0. The molecular formula is C82H142NO8P. The molecule has 10 heteroatoms. The molecule has 0 N–H and O–H groups in total. The molecule has 0 saturated heterocycles. The van der Waals surface area contributed by atoms with Gasteiger partial charge in [-0.05, 0) is 116 Å². The predicted octanol–water partition coefficient (Wildman–Crippen LogP) is 24.5. The van der Waals surface area contributed by atoms with Gasteiger partial charge in [-0.1, -0.05) is 327 Å². The molecule has 2 atom stereocenters. The van der Waals surface area contributed by atoms with Gasteiger partial charge >= 0.3 is 11.9 Å². The molecular weight excluding hydrogens is 1160 g/mol. The minimum atomic E-state index is -4.66. The molecule has 9 nitrogen and oxygen atoms in total. The van der Waals surface area contributed by atoms with Gasteiger partial charge in [-0.25, -0.2) is 0 Å². The lowest BCUT2D eigenvalue weighted by molar-refractivity contribution is -0.870. The van der Waals surface area contributed by atoms with Crippen molar-refractivity contribution >= 4 is 19.8 Å². The summed E-state index contributed by atoms with van der Waals surface area (Å²) in [6.07, 6.45) is 104. The molecule has 0 radical (unpaired) electrons. The van der Waals surface area contributed by atoms with Crippen molar-refractivity contribution in [2.75, 3.05) is 47.5 Å². The van der Waals surface area contributed by atoms with Gasteiger partial charge in [0.05, 0.1) is 27.7 Å². The first-order valence-electron chi connectivity index (χ1n) is 37.9. The number of rotatable bonds is 69. The third-order valence-electron chi connectivity index (χ3n) is 16.2. The van der Waals surface area contributed by atoms with Gasteiger partial charge in [0.1, 0.15) is 19.8 Å². The fourth-order valence-corrected chi connectivity index (χ4v) is 11.1. The van der Waals surface area contributed by atoms with E-state index in [9.17, 15) is 19.0 Å². The molecule has 0 heterocycles. The van der Waals surface area contributed by atoms with Crippen molar-refractivity contribution in [1.29, 1.82) is 0 Å². The highest BCUT2D eigenvalue weighted by Gasteiger charge is 2.22. The highest BCUT2D eigenvalue weighted by molar-refractivity contribution is 7.45. The van der Waals surface area contributed by atoms with E-state index in [1.54, 1.807) is 0 Å². The fraction of sp³-hybridized carbons (Fsp3) is 0.707. The first kappa shape index (κ1) is 88.2. The molecule has 0 spiro atoms. The average Bonchev–Trinajstić information content (AvgIpc) is 2.14. The summed E-state index contributed by atoms with van der Waals surface area (Å²) in [5.74, 6) is -0.860. The largest absolute Gasteiger partial charge is 0.756 e. The Morgan fingerprint density at radius 2 is 0.620 bits per heavy atom. The number of nitrogens with zero attached hydrogens (tertiary/aromatic N) is 1. The summed E-state index contributed by atoms with van der Waals surface area (Å²) >= 11 is 0. The molecule has 0 bridgehead atoms. The summed E-state index contributed by atoms with van der Waals surface area (Å²) in [6.45, 7) is 4.10. The summed E-state index contributed by atoms with van der Waals surface area (Å²) < 4.78 is 34.3. The Labute approximate surface area is 568 Å². The number of carbonyl (C=O) groups excluding carboxylic acids is 2. The third-order valence-corrected chi connectivity index (χ3v) is 17.1. The molecule has 0 saturated carbocycles. The number of allylic oxidation sites excluding steroid dienone is 22. The Morgan fingerprint density at radius 3 is 0.924 bits per heavy atom. The number of quaternary nitrogens is 1. The van der Waals surface area contributed by atoms with E-state index < -0.39 is 26.5 Å². The van der Waals surface area contributed by atoms with Gasteiger partial charge in [0.15, 0.2) is 6.10 Å². The SMILES string of the molecule is CC/C=C\C/C=C\C/C=C\C/C=C\C/C=C\C/C=C\C/C=C\C/C=C\CCCCCCC(=O)OC(COC(=O)CCCCCCCCCCCCCCCCCCCCCCCCCC/C=C\C/C=C\C/C=C\CCCCCCC)COP(=O)([O-])OCC[N+](C)(C)C. The van der Waals surface area contributed by atoms with Crippen LogP contribution in [0.2, 0.25) is 0 Å². The molecule has 0 aliphatic heterocycles. The van der Waals surface area contributed by atoms with Crippen molar-refractivity contribution in [3.05, 3.63) is 134 Å². The number of likely N-dealkylation sites (N-methyl/N-ethyl adjacent to an activating group) is 1. The van der Waals surface area contributed by atoms with E-state index >= 15 is 0 Å². The second-order valence-corrected chi connectivity index (χ2v) is 27.7. The molecule has 92 heavy (non-hydrogen) atoms. The number of unbranched alkanes of at least 4 members (excludes halogenated alkanes) is 33. The van der Waals surface area contributed by atoms with Crippen LogP contribution in [0.15, 0.2) is 134 Å². The lowest BCUT2D eigenvalue weighted by atomic mass is 10.0. The number of phosphoric acid groups is 1. The summed E-state index contributed by atoms with van der Waals surface area (Å²) in [5.41, 5.74) is 0. The van der Waals surface area contributed by atoms with Crippen molar-refractivity contribution in [1.82, 2.24) is 0 Å². The molecule has 2 unspecified atom stereocenters. The van der Waals surface area contributed by atoms with Gasteiger partial charge < -0.3 is 27.9 Å². The molecule has 0 aliphatic carbocycles. The van der Waals surface area contributed by atoms with Crippen LogP contribution in [0, 0.1) is 0 Å². The first-order valence-corrected chi connectivity index (χ1v) is 39.4. The van der Waals surface area contributed by atoms with Crippen LogP contribution in [0.4, 0.5) is 0 Å². The smallest absolute Gasteiger partial charge is 0.306 e. The second kappa shape index (κ2) is 71.4. The van der Waals surface area contributed by atoms with Crippen LogP contribution in [0.3, 0.4) is 0 Å². The maximum Gasteiger partial charge on any atom is 0.306 e. The summed E-state index contributed by atoms with van der Waals surface area (Å²) in [7, 11) is 1.14. The van der Waals surface area contributed by atoms with Crippen LogP contribution in [-0.4, -0.2) is 70.0 Å². The number of phosphoric ester groups is 1. The van der Waals surface area contributed by atoms with Crippen LogP contribution < -0.4 is 4.89 Å². The zero-order valence-corrected chi connectivity index (χ0v) is 61.1. The lowest BCUT2D eigenvalue weighted by Gasteiger charge is -2.28. The monoisotopic (exact) mass is 1300 g/mol. The summed E-state index contributed by atoms with van der Waals surface area (Å²) in [6, 6.07) is 0. The molecule has 0 aromatic carbocycles. The minimum Gasteiger partial charge on any atom is -0.756 e.